The second-order valence-corrected chi connectivity index (χ2v) is 4.41. The molecule has 2 rings (SSSR count). The number of carbonyl (C=O) groups is 1. The summed E-state index contributed by atoms with van der Waals surface area (Å²) in [7, 11) is 0. The predicted octanol–water partition coefficient (Wildman–Crippen LogP) is 3.95. The molecule has 19 heavy (non-hydrogen) atoms. The Labute approximate surface area is 109 Å². The molecule has 2 aromatic carbocycles. The summed E-state index contributed by atoms with van der Waals surface area (Å²) in [5, 5.41) is 8.95. The quantitative estimate of drug-likeness (QED) is 0.889. The molecule has 2 nitrogen and oxygen atoms in total. The van der Waals surface area contributed by atoms with Crippen molar-refractivity contribution < 1.29 is 18.7 Å². The van der Waals surface area contributed by atoms with Crippen LogP contribution >= 0.6 is 0 Å². The van der Waals surface area contributed by atoms with Crippen molar-refractivity contribution in [1.29, 1.82) is 0 Å². The first-order valence-corrected chi connectivity index (χ1v) is 5.70. The number of aryl methyl sites for hydroxylation is 2. The summed E-state index contributed by atoms with van der Waals surface area (Å²) >= 11 is 0. The van der Waals surface area contributed by atoms with Crippen LogP contribution in [0.2, 0.25) is 0 Å². The van der Waals surface area contributed by atoms with Gasteiger partial charge in [0.05, 0.1) is 5.56 Å². The lowest BCUT2D eigenvalue weighted by atomic mass is 9.94. The van der Waals surface area contributed by atoms with Gasteiger partial charge in [-0.2, -0.15) is 0 Å². The number of carboxylic acid groups (broad SMARTS) is 1. The van der Waals surface area contributed by atoms with Gasteiger partial charge in [-0.3, -0.25) is 0 Å². The number of hydrogen-bond acceptors (Lipinski definition) is 1. The van der Waals surface area contributed by atoms with Crippen molar-refractivity contribution in [2.24, 2.45) is 0 Å². The molecule has 0 unspecified atom stereocenters. The van der Waals surface area contributed by atoms with E-state index in [4.69, 9.17) is 5.11 Å². The minimum atomic E-state index is -1.13. The molecule has 0 heterocycles. The van der Waals surface area contributed by atoms with E-state index >= 15 is 0 Å². The van der Waals surface area contributed by atoms with E-state index in [0.29, 0.717) is 16.7 Å². The van der Waals surface area contributed by atoms with Gasteiger partial charge >= 0.3 is 5.97 Å². The van der Waals surface area contributed by atoms with Crippen molar-refractivity contribution in [1.82, 2.24) is 0 Å². The highest BCUT2D eigenvalue weighted by atomic mass is 19.1. The first-order chi connectivity index (χ1) is 8.90. The fourth-order valence-electron chi connectivity index (χ4n) is 2.19. The van der Waals surface area contributed by atoms with Crippen LogP contribution in [0.25, 0.3) is 11.1 Å². The highest BCUT2D eigenvalue weighted by Gasteiger charge is 2.14. The van der Waals surface area contributed by atoms with Crippen LogP contribution in [0.1, 0.15) is 21.5 Å². The van der Waals surface area contributed by atoms with Crippen molar-refractivity contribution in [3.63, 3.8) is 0 Å². The van der Waals surface area contributed by atoms with Crippen molar-refractivity contribution in [3.05, 3.63) is 58.7 Å². The number of halogens is 2. The lowest BCUT2D eigenvalue weighted by molar-refractivity contribution is 0.0697. The summed E-state index contributed by atoms with van der Waals surface area (Å²) in [5.41, 5.74) is 1.84. The monoisotopic (exact) mass is 262 g/mol. The number of hydrogen-bond donors (Lipinski definition) is 1. The lowest BCUT2D eigenvalue weighted by Crippen LogP contribution is -1.99. The molecule has 0 aliphatic heterocycles. The van der Waals surface area contributed by atoms with E-state index in [1.54, 1.807) is 13.8 Å². The van der Waals surface area contributed by atoms with Crippen molar-refractivity contribution in [2.45, 2.75) is 13.8 Å². The van der Waals surface area contributed by atoms with Crippen LogP contribution in [-0.2, 0) is 0 Å². The van der Waals surface area contributed by atoms with Gasteiger partial charge in [-0.25, -0.2) is 13.6 Å². The van der Waals surface area contributed by atoms with Gasteiger partial charge in [-0.15, -0.1) is 0 Å². The molecule has 0 radical (unpaired) electrons. The molecule has 0 fully saturated rings. The van der Waals surface area contributed by atoms with Crippen LogP contribution in [0.5, 0.6) is 0 Å². The summed E-state index contributed by atoms with van der Waals surface area (Å²) in [6.07, 6.45) is 0. The molecular weight excluding hydrogens is 250 g/mol. The van der Waals surface area contributed by atoms with Crippen LogP contribution in [0, 0.1) is 25.5 Å². The van der Waals surface area contributed by atoms with Crippen molar-refractivity contribution >= 4 is 5.97 Å². The van der Waals surface area contributed by atoms with Gasteiger partial charge in [-0.05, 0) is 60.9 Å². The molecule has 0 aliphatic rings. The number of rotatable bonds is 2. The minimum absolute atomic E-state index is 0.000440. The minimum Gasteiger partial charge on any atom is -0.478 e. The van der Waals surface area contributed by atoms with Gasteiger partial charge in [0.2, 0.25) is 0 Å². The standard InChI is InChI=1S/C15H12F2O2/c1-8-5-11(16)6-9(2)14(8)12-7-10(15(18)19)3-4-13(12)17/h3-7H,1-2H3,(H,18,19). The second-order valence-electron chi connectivity index (χ2n) is 4.41. The average Bonchev–Trinajstić information content (AvgIpc) is 2.29. The van der Waals surface area contributed by atoms with Crippen LogP contribution in [0.15, 0.2) is 30.3 Å². The molecule has 0 aliphatic carbocycles. The maximum atomic E-state index is 13.9. The Morgan fingerprint density at radius 2 is 1.63 bits per heavy atom. The smallest absolute Gasteiger partial charge is 0.335 e. The summed E-state index contributed by atoms with van der Waals surface area (Å²) in [6, 6.07) is 6.19. The summed E-state index contributed by atoms with van der Waals surface area (Å²) < 4.78 is 27.1. The molecule has 0 amide bonds. The maximum absolute atomic E-state index is 13.9. The summed E-state index contributed by atoms with van der Waals surface area (Å²) in [6.45, 7) is 3.33. The Balaban J connectivity index is 2.71. The van der Waals surface area contributed by atoms with Crippen LogP contribution < -0.4 is 0 Å². The molecule has 4 heteroatoms. The van der Waals surface area contributed by atoms with Gasteiger partial charge < -0.3 is 5.11 Å². The second kappa shape index (κ2) is 4.80. The third kappa shape index (κ3) is 2.47. The van der Waals surface area contributed by atoms with E-state index < -0.39 is 17.6 Å². The Morgan fingerprint density at radius 1 is 1.05 bits per heavy atom. The van der Waals surface area contributed by atoms with Crippen LogP contribution in [-0.4, -0.2) is 11.1 Å². The van der Waals surface area contributed by atoms with E-state index in [9.17, 15) is 13.6 Å². The van der Waals surface area contributed by atoms with Gasteiger partial charge in [0.25, 0.3) is 0 Å². The first kappa shape index (κ1) is 13.2. The van der Waals surface area contributed by atoms with Gasteiger partial charge in [0.15, 0.2) is 0 Å². The molecule has 0 aromatic heterocycles. The SMILES string of the molecule is Cc1cc(F)cc(C)c1-c1cc(C(=O)O)ccc1F. The number of aromatic carboxylic acids is 1. The molecule has 0 bridgehead atoms. The fourth-order valence-corrected chi connectivity index (χ4v) is 2.19. The molecule has 2 aromatic rings. The molecule has 0 atom stereocenters. The summed E-state index contributed by atoms with van der Waals surface area (Å²) in [4.78, 5) is 10.9. The largest absolute Gasteiger partial charge is 0.478 e. The topological polar surface area (TPSA) is 37.3 Å². The first-order valence-electron chi connectivity index (χ1n) is 5.70. The number of benzene rings is 2. The van der Waals surface area contributed by atoms with E-state index in [1.807, 2.05) is 0 Å². The molecule has 0 spiro atoms. The highest BCUT2D eigenvalue weighted by Crippen LogP contribution is 2.31. The Kier molecular flexibility index (Phi) is 3.34. The predicted molar refractivity (Wildman–Crippen MR) is 68.2 cm³/mol. The Hall–Kier alpha value is -2.23. The van der Waals surface area contributed by atoms with E-state index in [-0.39, 0.29) is 11.1 Å². The van der Waals surface area contributed by atoms with E-state index in [0.717, 1.165) is 6.07 Å². The highest BCUT2D eigenvalue weighted by molar-refractivity contribution is 5.90. The Bertz CT molecular complexity index is 640. The lowest BCUT2D eigenvalue weighted by Gasteiger charge is -2.12. The Morgan fingerprint density at radius 3 is 2.16 bits per heavy atom. The average molecular weight is 262 g/mol. The normalized spacial score (nSPS) is 10.5. The van der Waals surface area contributed by atoms with Gasteiger partial charge in [0.1, 0.15) is 11.6 Å². The van der Waals surface area contributed by atoms with E-state index in [1.165, 1.54) is 24.3 Å². The zero-order chi connectivity index (χ0) is 14.2. The molecule has 1 N–H and O–H groups in total. The van der Waals surface area contributed by atoms with Gasteiger partial charge in [0, 0.05) is 5.56 Å². The van der Waals surface area contributed by atoms with Crippen molar-refractivity contribution in [3.8, 4) is 11.1 Å². The number of carboxylic acids is 1. The molecule has 0 saturated heterocycles. The molecule has 0 saturated carbocycles. The maximum Gasteiger partial charge on any atom is 0.335 e. The molecule has 98 valence electrons. The fraction of sp³-hybridized carbons (Fsp3) is 0.133. The zero-order valence-corrected chi connectivity index (χ0v) is 10.5. The van der Waals surface area contributed by atoms with Crippen molar-refractivity contribution in [2.75, 3.05) is 0 Å². The molecular formula is C15H12F2O2. The van der Waals surface area contributed by atoms with Crippen LogP contribution in [0.3, 0.4) is 0 Å². The zero-order valence-electron chi connectivity index (χ0n) is 10.5. The third-order valence-corrected chi connectivity index (χ3v) is 2.98. The van der Waals surface area contributed by atoms with E-state index in [2.05, 4.69) is 0 Å². The third-order valence-electron chi connectivity index (χ3n) is 2.98. The van der Waals surface area contributed by atoms with Gasteiger partial charge in [-0.1, -0.05) is 0 Å². The van der Waals surface area contributed by atoms with Crippen LogP contribution in [0.4, 0.5) is 8.78 Å². The summed E-state index contributed by atoms with van der Waals surface area (Å²) in [5.74, 6) is -2.05.